The fraction of sp³-hybridized carbons (Fsp3) is 0.480. The lowest BCUT2D eigenvalue weighted by atomic mass is 10.1. The molecular weight excluding hydrogens is 429 g/mol. The van der Waals surface area contributed by atoms with Gasteiger partial charge in [0.15, 0.2) is 0 Å². The first kappa shape index (κ1) is 23.4. The zero-order chi connectivity index (χ0) is 23.4. The van der Waals surface area contributed by atoms with Crippen molar-refractivity contribution in [3.05, 3.63) is 59.2 Å². The summed E-state index contributed by atoms with van der Waals surface area (Å²) in [6.45, 7) is 5.35. The SMILES string of the molecule is Nc1cc(N2CCN(CCCCCC(=O)N3Cc4ccccc4C3)CC2)cc(C(F)(F)F)c1. The van der Waals surface area contributed by atoms with E-state index < -0.39 is 11.7 Å². The number of hydrogen-bond donors (Lipinski definition) is 1. The molecule has 8 heteroatoms. The molecule has 2 N–H and O–H groups in total. The van der Waals surface area contributed by atoms with Crippen LogP contribution in [0.3, 0.4) is 0 Å². The van der Waals surface area contributed by atoms with Crippen LogP contribution >= 0.6 is 0 Å². The highest BCUT2D eigenvalue weighted by Crippen LogP contribution is 2.34. The highest BCUT2D eigenvalue weighted by atomic mass is 19.4. The normalized spacial score (nSPS) is 16.8. The Labute approximate surface area is 192 Å². The summed E-state index contributed by atoms with van der Waals surface area (Å²) < 4.78 is 39.2. The molecule has 0 bridgehead atoms. The third-order valence-electron chi connectivity index (χ3n) is 6.56. The van der Waals surface area contributed by atoms with E-state index in [9.17, 15) is 18.0 Å². The Morgan fingerprint density at radius 3 is 2.21 bits per heavy atom. The molecule has 1 amide bonds. The molecule has 0 unspecified atom stereocenters. The topological polar surface area (TPSA) is 52.8 Å². The maximum atomic E-state index is 13.1. The zero-order valence-corrected chi connectivity index (χ0v) is 18.8. The second-order valence-electron chi connectivity index (χ2n) is 8.97. The third kappa shape index (κ3) is 5.99. The molecule has 4 rings (SSSR count). The van der Waals surface area contributed by atoms with Crippen molar-refractivity contribution in [3.63, 3.8) is 0 Å². The minimum atomic E-state index is -4.40. The number of anilines is 2. The summed E-state index contributed by atoms with van der Waals surface area (Å²) in [4.78, 5) is 18.7. The summed E-state index contributed by atoms with van der Waals surface area (Å²) in [5.41, 5.74) is 8.16. The molecule has 33 heavy (non-hydrogen) atoms. The number of alkyl halides is 3. The van der Waals surface area contributed by atoms with E-state index in [4.69, 9.17) is 5.73 Å². The van der Waals surface area contributed by atoms with E-state index in [0.29, 0.717) is 25.2 Å². The van der Waals surface area contributed by atoms with Gasteiger partial charge in [0.2, 0.25) is 5.91 Å². The number of halogens is 3. The maximum Gasteiger partial charge on any atom is 0.416 e. The quantitative estimate of drug-likeness (QED) is 0.488. The number of piperazine rings is 1. The molecule has 0 saturated carbocycles. The molecule has 178 valence electrons. The van der Waals surface area contributed by atoms with E-state index in [2.05, 4.69) is 17.0 Å². The molecule has 0 radical (unpaired) electrons. The number of benzene rings is 2. The fourth-order valence-corrected chi connectivity index (χ4v) is 4.67. The molecule has 2 aliphatic rings. The average Bonchev–Trinajstić information content (AvgIpc) is 3.23. The second kappa shape index (κ2) is 10.0. The van der Waals surface area contributed by atoms with E-state index in [1.807, 2.05) is 21.9 Å². The van der Waals surface area contributed by atoms with Crippen molar-refractivity contribution in [2.24, 2.45) is 0 Å². The van der Waals surface area contributed by atoms with Crippen LogP contribution in [0.1, 0.15) is 42.4 Å². The van der Waals surface area contributed by atoms with Gasteiger partial charge >= 0.3 is 6.18 Å². The summed E-state index contributed by atoms with van der Waals surface area (Å²) in [6, 6.07) is 12.0. The zero-order valence-electron chi connectivity index (χ0n) is 18.8. The van der Waals surface area contributed by atoms with Crippen LogP contribution in [0.2, 0.25) is 0 Å². The van der Waals surface area contributed by atoms with E-state index in [-0.39, 0.29) is 11.6 Å². The highest BCUT2D eigenvalue weighted by Gasteiger charge is 2.32. The molecule has 5 nitrogen and oxygen atoms in total. The van der Waals surface area contributed by atoms with Crippen LogP contribution in [-0.2, 0) is 24.1 Å². The van der Waals surface area contributed by atoms with Crippen LogP contribution in [0, 0.1) is 0 Å². The summed E-state index contributed by atoms with van der Waals surface area (Å²) in [5, 5.41) is 0. The van der Waals surface area contributed by atoms with Gasteiger partial charge in [-0.3, -0.25) is 9.69 Å². The van der Waals surface area contributed by atoms with E-state index >= 15 is 0 Å². The third-order valence-corrected chi connectivity index (χ3v) is 6.56. The van der Waals surface area contributed by atoms with E-state index in [0.717, 1.165) is 58.1 Å². The minimum Gasteiger partial charge on any atom is -0.399 e. The van der Waals surface area contributed by atoms with Gasteiger partial charge < -0.3 is 15.5 Å². The van der Waals surface area contributed by atoms with Crippen molar-refractivity contribution < 1.29 is 18.0 Å². The number of carbonyl (C=O) groups excluding carboxylic acids is 1. The van der Waals surface area contributed by atoms with Crippen LogP contribution < -0.4 is 10.6 Å². The lowest BCUT2D eigenvalue weighted by Crippen LogP contribution is -2.46. The molecule has 2 aliphatic heterocycles. The molecule has 0 aromatic heterocycles. The Kier molecular flexibility index (Phi) is 7.12. The second-order valence-corrected chi connectivity index (χ2v) is 8.97. The summed E-state index contributed by atoms with van der Waals surface area (Å²) in [5.74, 6) is 0.222. The predicted octanol–water partition coefficient (Wildman–Crippen LogP) is 4.51. The van der Waals surface area contributed by atoms with Crippen molar-refractivity contribution in [1.29, 1.82) is 0 Å². The van der Waals surface area contributed by atoms with Crippen LogP contribution in [0.4, 0.5) is 24.5 Å². The standard InChI is InChI=1S/C25H31F3N4O/c26-25(27,28)21-14-22(29)16-23(15-21)31-12-10-30(11-13-31)9-5-1-2-8-24(33)32-17-19-6-3-4-7-20(19)18-32/h3-4,6-7,14-16H,1-2,5,8-13,17-18,29H2. The van der Waals surface area contributed by atoms with Gasteiger partial charge in [0, 0.05) is 57.1 Å². The lowest BCUT2D eigenvalue weighted by molar-refractivity contribution is -0.137. The van der Waals surface area contributed by atoms with Crippen LogP contribution in [0.25, 0.3) is 0 Å². The van der Waals surface area contributed by atoms with E-state index in [1.165, 1.54) is 17.2 Å². The number of fused-ring (bicyclic) bond motifs is 1. The fourth-order valence-electron chi connectivity index (χ4n) is 4.67. The number of nitrogen functional groups attached to an aromatic ring is 1. The molecule has 2 heterocycles. The molecular formula is C25H31F3N4O. The van der Waals surface area contributed by atoms with Gasteiger partial charge in [-0.05, 0) is 48.7 Å². The number of hydrogen-bond acceptors (Lipinski definition) is 4. The Balaban J connectivity index is 1.14. The molecule has 1 saturated heterocycles. The molecule has 0 spiro atoms. The lowest BCUT2D eigenvalue weighted by Gasteiger charge is -2.36. The largest absolute Gasteiger partial charge is 0.416 e. The van der Waals surface area contributed by atoms with Gasteiger partial charge in [-0.15, -0.1) is 0 Å². The van der Waals surface area contributed by atoms with Gasteiger partial charge in [-0.1, -0.05) is 30.7 Å². The molecule has 2 aromatic rings. The van der Waals surface area contributed by atoms with Crippen molar-refractivity contribution in [3.8, 4) is 0 Å². The summed E-state index contributed by atoms with van der Waals surface area (Å²) >= 11 is 0. The average molecular weight is 461 g/mol. The predicted molar refractivity (Wildman–Crippen MR) is 124 cm³/mol. The first-order valence-electron chi connectivity index (χ1n) is 11.6. The number of unbranched alkanes of at least 4 members (excludes halogenated alkanes) is 2. The monoisotopic (exact) mass is 460 g/mol. The molecule has 1 fully saturated rings. The van der Waals surface area contributed by atoms with Crippen molar-refractivity contribution in [1.82, 2.24) is 9.80 Å². The van der Waals surface area contributed by atoms with Crippen molar-refractivity contribution in [2.45, 2.75) is 44.9 Å². The first-order valence-corrected chi connectivity index (χ1v) is 11.6. The van der Waals surface area contributed by atoms with E-state index in [1.54, 1.807) is 6.07 Å². The number of nitrogens with zero attached hydrogens (tertiary/aromatic N) is 3. The molecule has 0 aliphatic carbocycles. The van der Waals surface area contributed by atoms with Gasteiger partial charge in [0.25, 0.3) is 0 Å². The van der Waals surface area contributed by atoms with Gasteiger partial charge in [-0.2, -0.15) is 13.2 Å². The first-order chi connectivity index (χ1) is 15.8. The van der Waals surface area contributed by atoms with Gasteiger partial charge in [-0.25, -0.2) is 0 Å². The van der Waals surface area contributed by atoms with Gasteiger partial charge in [0.05, 0.1) is 5.56 Å². The molecule has 0 atom stereocenters. The number of carbonyl (C=O) groups is 1. The number of rotatable bonds is 7. The Morgan fingerprint density at radius 1 is 0.909 bits per heavy atom. The highest BCUT2D eigenvalue weighted by molar-refractivity contribution is 5.76. The Bertz CT molecular complexity index is 945. The Morgan fingerprint density at radius 2 is 1.58 bits per heavy atom. The van der Waals surface area contributed by atoms with Crippen molar-refractivity contribution in [2.75, 3.05) is 43.4 Å². The molecule has 2 aromatic carbocycles. The van der Waals surface area contributed by atoms with Crippen LogP contribution in [-0.4, -0.2) is 48.4 Å². The van der Waals surface area contributed by atoms with Crippen molar-refractivity contribution >= 4 is 17.3 Å². The maximum absolute atomic E-state index is 13.1. The minimum absolute atomic E-state index is 0.134. The summed E-state index contributed by atoms with van der Waals surface area (Å²) in [7, 11) is 0. The number of nitrogens with two attached hydrogens (primary N) is 1. The van der Waals surface area contributed by atoms with Crippen LogP contribution in [0.15, 0.2) is 42.5 Å². The van der Waals surface area contributed by atoms with Gasteiger partial charge in [0.1, 0.15) is 0 Å². The van der Waals surface area contributed by atoms with Crippen LogP contribution in [0.5, 0.6) is 0 Å². The number of amides is 1. The smallest absolute Gasteiger partial charge is 0.399 e. The Hall–Kier alpha value is -2.74. The summed E-state index contributed by atoms with van der Waals surface area (Å²) in [6.07, 6.45) is -0.916.